The number of aromatic nitrogens is 4. The molecule has 180 valence electrons. The predicted octanol–water partition coefficient (Wildman–Crippen LogP) is 3.31. The number of aryl methyl sites for hydroxylation is 1. The van der Waals surface area contributed by atoms with Gasteiger partial charge >= 0.3 is 6.03 Å². The lowest BCUT2D eigenvalue weighted by Crippen LogP contribution is -2.43. The van der Waals surface area contributed by atoms with Crippen LogP contribution in [0.3, 0.4) is 0 Å². The summed E-state index contributed by atoms with van der Waals surface area (Å²) < 4.78 is 12.9. The summed E-state index contributed by atoms with van der Waals surface area (Å²) in [7, 11) is 0. The van der Waals surface area contributed by atoms with E-state index in [9.17, 15) is 9.59 Å². The van der Waals surface area contributed by atoms with Gasteiger partial charge in [-0.05, 0) is 44.9 Å². The standard InChI is InChI=1S/C24H30N6O4/c1-3-34-19-9-8-17(26-24(32)29-10-12-33-13-11-29)14-18(19)21-27-23(31)20-15(2)25-22(30(20)28-21)16-6-4-5-7-16/h8-9,14,16H,3-7,10-13H2,1-2H3,(H,26,32)(H,27,28,31). The summed E-state index contributed by atoms with van der Waals surface area (Å²) in [6.45, 7) is 6.35. The van der Waals surface area contributed by atoms with Crippen molar-refractivity contribution in [1.82, 2.24) is 24.5 Å². The zero-order chi connectivity index (χ0) is 23.7. The summed E-state index contributed by atoms with van der Waals surface area (Å²) in [6.07, 6.45) is 4.42. The molecular formula is C24H30N6O4. The van der Waals surface area contributed by atoms with E-state index in [1.807, 2.05) is 13.8 Å². The highest BCUT2D eigenvalue weighted by Crippen LogP contribution is 2.35. The Bertz CT molecular complexity index is 1250. The van der Waals surface area contributed by atoms with Crippen molar-refractivity contribution >= 4 is 17.2 Å². The first-order valence-electron chi connectivity index (χ1n) is 12.0. The molecule has 1 aliphatic heterocycles. The van der Waals surface area contributed by atoms with Crippen molar-refractivity contribution < 1.29 is 14.3 Å². The van der Waals surface area contributed by atoms with Crippen molar-refractivity contribution in [2.75, 3.05) is 38.2 Å². The molecule has 2 aliphatic rings. The Kier molecular flexibility index (Phi) is 6.23. The Balaban J connectivity index is 1.55. The second-order valence-electron chi connectivity index (χ2n) is 8.77. The Morgan fingerprint density at radius 1 is 1.26 bits per heavy atom. The number of amides is 2. The lowest BCUT2D eigenvalue weighted by atomic mass is 10.1. The number of rotatable bonds is 5. The molecule has 3 aromatic rings. The highest BCUT2D eigenvalue weighted by Gasteiger charge is 2.25. The van der Waals surface area contributed by atoms with Crippen LogP contribution in [-0.2, 0) is 4.74 Å². The normalized spacial score (nSPS) is 16.8. The van der Waals surface area contributed by atoms with Gasteiger partial charge in [-0.1, -0.05) is 12.8 Å². The molecule has 1 saturated heterocycles. The maximum Gasteiger partial charge on any atom is 0.321 e. The fourth-order valence-electron chi connectivity index (χ4n) is 4.81. The number of fused-ring (bicyclic) bond motifs is 1. The number of hydrogen-bond donors (Lipinski definition) is 2. The quantitative estimate of drug-likeness (QED) is 0.596. The van der Waals surface area contributed by atoms with Gasteiger partial charge in [-0.3, -0.25) is 4.79 Å². The summed E-state index contributed by atoms with van der Waals surface area (Å²) >= 11 is 0. The third kappa shape index (κ3) is 4.25. The number of imidazole rings is 1. The molecule has 10 heteroatoms. The van der Waals surface area contributed by atoms with E-state index in [4.69, 9.17) is 19.6 Å². The first-order chi connectivity index (χ1) is 16.5. The fourth-order valence-corrected chi connectivity index (χ4v) is 4.81. The molecule has 0 spiro atoms. The van der Waals surface area contributed by atoms with Gasteiger partial charge < -0.3 is 24.7 Å². The number of nitrogens with one attached hydrogen (secondary N) is 2. The van der Waals surface area contributed by atoms with Gasteiger partial charge in [0.25, 0.3) is 5.56 Å². The molecule has 1 aliphatic carbocycles. The van der Waals surface area contributed by atoms with Crippen LogP contribution in [0, 0.1) is 6.92 Å². The summed E-state index contributed by atoms with van der Waals surface area (Å²) in [6, 6.07) is 5.17. The largest absolute Gasteiger partial charge is 0.493 e. The molecule has 0 bridgehead atoms. The van der Waals surface area contributed by atoms with Crippen molar-refractivity contribution in [1.29, 1.82) is 0 Å². The lowest BCUT2D eigenvalue weighted by Gasteiger charge is -2.27. The molecule has 34 heavy (non-hydrogen) atoms. The summed E-state index contributed by atoms with van der Waals surface area (Å²) in [5.41, 5.74) is 2.10. The molecular weight excluding hydrogens is 436 g/mol. The summed E-state index contributed by atoms with van der Waals surface area (Å²) in [5, 5.41) is 7.74. The number of hydrogen-bond acceptors (Lipinski definition) is 6. The van der Waals surface area contributed by atoms with Gasteiger partial charge in [0.2, 0.25) is 0 Å². The van der Waals surface area contributed by atoms with Gasteiger partial charge in [0, 0.05) is 24.7 Å². The first-order valence-corrected chi connectivity index (χ1v) is 12.0. The zero-order valence-electron chi connectivity index (χ0n) is 19.6. The van der Waals surface area contributed by atoms with Crippen LogP contribution >= 0.6 is 0 Å². The van der Waals surface area contributed by atoms with E-state index in [0.29, 0.717) is 72.9 Å². The third-order valence-electron chi connectivity index (χ3n) is 6.51. The Morgan fingerprint density at radius 3 is 2.76 bits per heavy atom. The number of nitrogens with zero attached hydrogens (tertiary/aromatic N) is 4. The zero-order valence-corrected chi connectivity index (χ0v) is 19.6. The van der Waals surface area contributed by atoms with E-state index in [1.165, 1.54) is 0 Å². The van der Waals surface area contributed by atoms with E-state index in [1.54, 1.807) is 27.6 Å². The average molecular weight is 467 g/mol. The highest BCUT2D eigenvalue weighted by atomic mass is 16.5. The van der Waals surface area contributed by atoms with Crippen molar-refractivity contribution in [3.63, 3.8) is 0 Å². The number of carbonyl (C=O) groups is 1. The fraction of sp³-hybridized carbons (Fsp3) is 0.500. The van der Waals surface area contributed by atoms with Crippen molar-refractivity contribution in [3.05, 3.63) is 40.1 Å². The van der Waals surface area contributed by atoms with Crippen LogP contribution in [0.15, 0.2) is 23.0 Å². The van der Waals surface area contributed by atoms with E-state index in [-0.39, 0.29) is 11.6 Å². The van der Waals surface area contributed by atoms with Gasteiger partial charge in [0.05, 0.1) is 31.1 Å². The SMILES string of the molecule is CCOc1ccc(NC(=O)N2CCOCC2)cc1-c1nn2c(C3CCCC3)nc(C)c2c(=O)[nH]1. The number of urea groups is 1. The van der Waals surface area contributed by atoms with Crippen LogP contribution in [-0.4, -0.2) is 63.4 Å². The van der Waals surface area contributed by atoms with E-state index in [0.717, 1.165) is 31.5 Å². The monoisotopic (exact) mass is 466 g/mol. The molecule has 0 atom stereocenters. The number of H-pyrrole nitrogens is 1. The number of ether oxygens (including phenoxy) is 2. The molecule has 5 rings (SSSR count). The van der Waals surface area contributed by atoms with Crippen LogP contribution in [0.1, 0.15) is 50.0 Å². The van der Waals surface area contributed by atoms with Gasteiger partial charge in [-0.15, -0.1) is 5.10 Å². The van der Waals surface area contributed by atoms with Crippen LogP contribution in [0.25, 0.3) is 16.9 Å². The molecule has 2 aromatic heterocycles. The molecule has 3 heterocycles. The van der Waals surface area contributed by atoms with E-state index in [2.05, 4.69) is 10.3 Å². The smallest absolute Gasteiger partial charge is 0.321 e. The highest BCUT2D eigenvalue weighted by molar-refractivity contribution is 5.90. The Labute approximate surface area is 197 Å². The van der Waals surface area contributed by atoms with Gasteiger partial charge in [-0.2, -0.15) is 0 Å². The first kappa shape index (κ1) is 22.4. The van der Waals surface area contributed by atoms with Crippen LogP contribution in [0.2, 0.25) is 0 Å². The number of carbonyl (C=O) groups excluding carboxylic acids is 1. The second-order valence-corrected chi connectivity index (χ2v) is 8.77. The average Bonchev–Trinajstić information content (AvgIpc) is 3.49. The predicted molar refractivity (Wildman–Crippen MR) is 128 cm³/mol. The number of morpholine rings is 1. The third-order valence-corrected chi connectivity index (χ3v) is 6.51. The van der Waals surface area contributed by atoms with Gasteiger partial charge in [0.15, 0.2) is 11.3 Å². The number of aromatic amines is 1. The van der Waals surface area contributed by atoms with Crippen LogP contribution in [0.4, 0.5) is 10.5 Å². The molecule has 0 unspecified atom stereocenters. The molecule has 1 aromatic carbocycles. The summed E-state index contributed by atoms with van der Waals surface area (Å²) in [4.78, 5) is 35.1. The molecule has 1 saturated carbocycles. The second kappa shape index (κ2) is 9.46. The molecule has 2 N–H and O–H groups in total. The van der Waals surface area contributed by atoms with Crippen molar-refractivity contribution in [3.8, 4) is 17.1 Å². The van der Waals surface area contributed by atoms with Crippen molar-refractivity contribution in [2.24, 2.45) is 0 Å². The van der Waals surface area contributed by atoms with Crippen LogP contribution < -0.4 is 15.6 Å². The topological polar surface area (TPSA) is 114 Å². The molecule has 0 radical (unpaired) electrons. The minimum Gasteiger partial charge on any atom is -0.493 e. The molecule has 10 nitrogen and oxygen atoms in total. The van der Waals surface area contributed by atoms with Gasteiger partial charge in [-0.25, -0.2) is 14.3 Å². The number of benzene rings is 1. The molecule has 2 fully saturated rings. The molecule has 2 amide bonds. The maximum absolute atomic E-state index is 13.1. The number of anilines is 1. The Hall–Kier alpha value is -3.40. The minimum atomic E-state index is -0.246. The maximum atomic E-state index is 13.1. The van der Waals surface area contributed by atoms with E-state index >= 15 is 0 Å². The van der Waals surface area contributed by atoms with Crippen LogP contribution in [0.5, 0.6) is 5.75 Å². The Morgan fingerprint density at radius 2 is 2.03 bits per heavy atom. The van der Waals surface area contributed by atoms with Gasteiger partial charge in [0.1, 0.15) is 11.6 Å². The lowest BCUT2D eigenvalue weighted by molar-refractivity contribution is 0.0564. The summed E-state index contributed by atoms with van der Waals surface area (Å²) in [5.74, 6) is 2.09. The minimum absolute atomic E-state index is 0.191. The van der Waals surface area contributed by atoms with E-state index < -0.39 is 0 Å². The van der Waals surface area contributed by atoms with Crippen molar-refractivity contribution in [2.45, 2.75) is 45.4 Å².